The van der Waals surface area contributed by atoms with Gasteiger partial charge in [-0.05, 0) is 36.8 Å². The Morgan fingerprint density at radius 3 is 2.00 bits per heavy atom. The van der Waals surface area contributed by atoms with Crippen LogP contribution < -0.4 is 0 Å². The molecule has 2 aromatic rings. The van der Waals surface area contributed by atoms with Crippen molar-refractivity contribution >= 4 is 11.6 Å². The zero-order chi connectivity index (χ0) is 16.9. The van der Waals surface area contributed by atoms with E-state index in [0.29, 0.717) is 5.56 Å². The van der Waals surface area contributed by atoms with Crippen molar-refractivity contribution < 1.29 is 9.59 Å². The predicted molar refractivity (Wildman–Crippen MR) is 97.0 cm³/mol. The molecule has 1 saturated carbocycles. The Labute approximate surface area is 143 Å². The maximum Gasteiger partial charge on any atom is 0.173 e. The third-order valence-corrected chi connectivity index (χ3v) is 5.12. The standard InChI is InChI=1S/C22H24O2/c1-16(23)21(19-10-6-3-7-11-19)22(24)20-14-12-18(13-15-20)17-8-4-2-5-9-17/h2,4-5,8-9,12-15,19,21H,3,6-7,10-11H2,1H3. The van der Waals surface area contributed by atoms with E-state index in [1.807, 2.05) is 42.5 Å². The van der Waals surface area contributed by atoms with Crippen LogP contribution in [0.2, 0.25) is 0 Å². The van der Waals surface area contributed by atoms with E-state index >= 15 is 0 Å². The zero-order valence-electron chi connectivity index (χ0n) is 14.2. The first-order valence-electron chi connectivity index (χ1n) is 8.87. The molecule has 0 heterocycles. The number of Topliss-reactive ketones (excluding diaryl/α,β-unsaturated/α-hetero) is 2. The Kier molecular flexibility index (Phi) is 5.24. The monoisotopic (exact) mass is 320 g/mol. The normalized spacial score (nSPS) is 16.5. The highest BCUT2D eigenvalue weighted by Gasteiger charge is 2.33. The lowest BCUT2D eigenvalue weighted by Gasteiger charge is -2.27. The van der Waals surface area contributed by atoms with Crippen LogP contribution in [0.3, 0.4) is 0 Å². The van der Waals surface area contributed by atoms with E-state index in [4.69, 9.17) is 0 Å². The molecule has 0 bridgehead atoms. The molecule has 1 aliphatic rings. The second kappa shape index (κ2) is 7.57. The molecule has 0 radical (unpaired) electrons. The average molecular weight is 320 g/mol. The summed E-state index contributed by atoms with van der Waals surface area (Å²) in [7, 11) is 0. The Balaban J connectivity index is 1.81. The Hall–Kier alpha value is -2.22. The number of carbonyl (C=O) groups excluding carboxylic acids is 2. The van der Waals surface area contributed by atoms with Crippen LogP contribution in [0.1, 0.15) is 49.4 Å². The highest BCUT2D eigenvalue weighted by Crippen LogP contribution is 2.33. The Bertz CT molecular complexity index is 695. The van der Waals surface area contributed by atoms with E-state index in [1.54, 1.807) is 6.92 Å². The molecular weight excluding hydrogens is 296 g/mol. The molecule has 0 saturated heterocycles. The minimum Gasteiger partial charge on any atom is -0.299 e. The van der Waals surface area contributed by atoms with Gasteiger partial charge in [0.05, 0.1) is 5.92 Å². The van der Waals surface area contributed by atoms with Crippen molar-refractivity contribution in [2.45, 2.75) is 39.0 Å². The minimum absolute atomic E-state index is 0.00554. The van der Waals surface area contributed by atoms with Crippen molar-refractivity contribution in [3.05, 3.63) is 60.2 Å². The van der Waals surface area contributed by atoms with E-state index in [9.17, 15) is 9.59 Å². The van der Waals surface area contributed by atoms with Gasteiger partial charge in [-0.15, -0.1) is 0 Å². The van der Waals surface area contributed by atoms with Gasteiger partial charge in [0.25, 0.3) is 0 Å². The topological polar surface area (TPSA) is 34.1 Å². The van der Waals surface area contributed by atoms with Gasteiger partial charge in [-0.25, -0.2) is 0 Å². The SMILES string of the molecule is CC(=O)C(C(=O)c1ccc(-c2ccccc2)cc1)C1CCCCC1. The van der Waals surface area contributed by atoms with E-state index in [1.165, 1.54) is 6.42 Å². The van der Waals surface area contributed by atoms with Gasteiger partial charge >= 0.3 is 0 Å². The van der Waals surface area contributed by atoms with Crippen LogP contribution in [0.25, 0.3) is 11.1 Å². The molecule has 1 fully saturated rings. The number of rotatable bonds is 5. The first kappa shape index (κ1) is 16.6. The summed E-state index contributed by atoms with van der Waals surface area (Å²) in [6.07, 6.45) is 5.49. The van der Waals surface area contributed by atoms with Gasteiger partial charge in [0.15, 0.2) is 5.78 Å². The minimum atomic E-state index is -0.465. The smallest absolute Gasteiger partial charge is 0.173 e. The molecule has 0 aliphatic heterocycles. The molecule has 1 unspecified atom stereocenters. The second-order valence-corrected chi connectivity index (χ2v) is 6.79. The average Bonchev–Trinajstić information content (AvgIpc) is 2.63. The number of carbonyl (C=O) groups is 2. The number of benzene rings is 2. The zero-order valence-corrected chi connectivity index (χ0v) is 14.2. The fraction of sp³-hybridized carbons (Fsp3) is 0.364. The van der Waals surface area contributed by atoms with Crippen LogP contribution in [0.5, 0.6) is 0 Å². The molecule has 3 rings (SSSR count). The molecule has 124 valence electrons. The van der Waals surface area contributed by atoms with Gasteiger partial charge in [-0.1, -0.05) is 73.9 Å². The van der Waals surface area contributed by atoms with Crippen molar-refractivity contribution in [1.82, 2.24) is 0 Å². The largest absolute Gasteiger partial charge is 0.299 e. The Morgan fingerprint density at radius 2 is 1.42 bits per heavy atom. The molecule has 24 heavy (non-hydrogen) atoms. The molecule has 1 atom stereocenters. The van der Waals surface area contributed by atoms with Gasteiger partial charge in [-0.2, -0.15) is 0 Å². The molecule has 0 spiro atoms. The summed E-state index contributed by atoms with van der Waals surface area (Å²) in [6, 6.07) is 17.8. The predicted octanol–water partition coefficient (Wildman–Crippen LogP) is 5.32. The Morgan fingerprint density at radius 1 is 0.833 bits per heavy atom. The maximum absolute atomic E-state index is 12.9. The molecule has 0 N–H and O–H groups in total. The van der Waals surface area contributed by atoms with Crippen molar-refractivity contribution in [3.63, 3.8) is 0 Å². The second-order valence-electron chi connectivity index (χ2n) is 6.79. The van der Waals surface area contributed by atoms with Crippen LogP contribution >= 0.6 is 0 Å². The third kappa shape index (κ3) is 3.64. The summed E-state index contributed by atoms with van der Waals surface area (Å²) in [5.41, 5.74) is 2.87. The highest BCUT2D eigenvalue weighted by molar-refractivity contribution is 6.10. The lowest BCUT2D eigenvalue weighted by Crippen LogP contribution is -2.31. The maximum atomic E-state index is 12.9. The number of hydrogen-bond donors (Lipinski definition) is 0. The summed E-state index contributed by atoms with van der Waals surface area (Å²) in [4.78, 5) is 25.0. The first-order valence-corrected chi connectivity index (χ1v) is 8.87. The van der Waals surface area contributed by atoms with Gasteiger partial charge < -0.3 is 0 Å². The number of hydrogen-bond acceptors (Lipinski definition) is 2. The summed E-state index contributed by atoms with van der Waals surface area (Å²) in [5, 5.41) is 0. The quantitative estimate of drug-likeness (QED) is 0.552. The molecule has 0 amide bonds. The van der Waals surface area contributed by atoms with Crippen LogP contribution in [0, 0.1) is 11.8 Å². The first-order chi connectivity index (χ1) is 11.7. The van der Waals surface area contributed by atoms with E-state index in [0.717, 1.165) is 36.8 Å². The third-order valence-electron chi connectivity index (χ3n) is 5.12. The fourth-order valence-electron chi connectivity index (χ4n) is 3.84. The van der Waals surface area contributed by atoms with Gasteiger partial charge in [0.1, 0.15) is 5.78 Å². The summed E-state index contributed by atoms with van der Waals surface area (Å²) < 4.78 is 0. The van der Waals surface area contributed by atoms with Crippen molar-refractivity contribution in [3.8, 4) is 11.1 Å². The fourth-order valence-corrected chi connectivity index (χ4v) is 3.84. The molecule has 2 aromatic carbocycles. The number of ketones is 2. The summed E-state index contributed by atoms with van der Waals surface area (Å²) in [6.45, 7) is 1.56. The molecule has 1 aliphatic carbocycles. The summed E-state index contributed by atoms with van der Waals surface area (Å²) >= 11 is 0. The van der Waals surface area contributed by atoms with Gasteiger partial charge in [0.2, 0.25) is 0 Å². The van der Waals surface area contributed by atoms with Crippen LogP contribution in [0.15, 0.2) is 54.6 Å². The molecular formula is C22H24O2. The lowest BCUT2D eigenvalue weighted by atomic mass is 9.75. The van der Waals surface area contributed by atoms with Crippen molar-refractivity contribution in [1.29, 1.82) is 0 Å². The van der Waals surface area contributed by atoms with Crippen molar-refractivity contribution in [2.24, 2.45) is 11.8 Å². The van der Waals surface area contributed by atoms with Crippen LogP contribution in [0.4, 0.5) is 0 Å². The summed E-state index contributed by atoms with van der Waals surface area (Å²) in [5.74, 6) is -0.238. The van der Waals surface area contributed by atoms with Crippen molar-refractivity contribution in [2.75, 3.05) is 0 Å². The van der Waals surface area contributed by atoms with Crippen LogP contribution in [-0.4, -0.2) is 11.6 Å². The van der Waals surface area contributed by atoms with E-state index in [2.05, 4.69) is 12.1 Å². The molecule has 2 heteroatoms. The van der Waals surface area contributed by atoms with E-state index < -0.39 is 5.92 Å². The van der Waals surface area contributed by atoms with Crippen LogP contribution in [-0.2, 0) is 4.79 Å². The lowest BCUT2D eigenvalue weighted by molar-refractivity contribution is -0.121. The van der Waals surface area contributed by atoms with Gasteiger partial charge in [0, 0.05) is 5.56 Å². The highest BCUT2D eigenvalue weighted by atomic mass is 16.1. The molecule has 0 aromatic heterocycles. The van der Waals surface area contributed by atoms with E-state index in [-0.39, 0.29) is 17.5 Å². The molecule has 2 nitrogen and oxygen atoms in total. The van der Waals surface area contributed by atoms with Gasteiger partial charge in [-0.3, -0.25) is 9.59 Å².